The zero-order chi connectivity index (χ0) is 17.1. The SMILES string of the molecule is CC(C)C(C1CCC(NC(=O)OC(C)(C)C)CC1)S(=O)(=O)O. The maximum Gasteiger partial charge on any atom is 0.407 e. The molecule has 1 atom stereocenters. The van der Waals surface area contributed by atoms with E-state index in [1.807, 2.05) is 34.6 Å². The Kier molecular flexibility index (Phi) is 6.27. The minimum Gasteiger partial charge on any atom is -0.444 e. The van der Waals surface area contributed by atoms with Crippen molar-refractivity contribution in [3.05, 3.63) is 0 Å². The summed E-state index contributed by atoms with van der Waals surface area (Å²) in [5.74, 6) is -0.193. The smallest absolute Gasteiger partial charge is 0.407 e. The van der Waals surface area contributed by atoms with Gasteiger partial charge in [0.05, 0.1) is 5.25 Å². The third-order valence-corrected chi connectivity index (χ3v) is 5.58. The Balaban J connectivity index is 2.54. The quantitative estimate of drug-likeness (QED) is 0.770. The first kappa shape index (κ1) is 19.2. The van der Waals surface area contributed by atoms with Crippen molar-refractivity contribution >= 4 is 16.2 Å². The van der Waals surface area contributed by atoms with Crippen molar-refractivity contribution in [1.82, 2.24) is 5.32 Å². The fourth-order valence-corrected chi connectivity index (χ4v) is 4.64. The van der Waals surface area contributed by atoms with Crippen molar-refractivity contribution in [3.63, 3.8) is 0 Å². The number of rotatable bonds is 4. The topological polar surface area (TPSA) is 92.7 Å². The number of alkyl carbamates (subject to hydrolysis) is 1. The summed E-state index contributed by atoms with van der Waals surface area (Å²) in [6.07, 6.45) is 2.29. The van der Waals surface area contributed by atoms with Crippen molar-refractivity contribution < 1.29 is 22.5 Å². The van der Waals surface area contributed by atoms with Crippen LogP contribution in [-0.4, -0.2) is 36.0 Å². The molecular weight excluding hydrogens is 306 g/mol. The van der Waals surface area contributed by atoms with Crippen molar-refractivity contribution in [2.24, 2.45) is 11.8 Å². The predicted molar refractivity (Wildman–Crippen MR) is 85.3 cm³/mol. The number of carbonyl (C=O) groups excluding carboxylic acids is 1. The van der Waals surface area contributed by atoms with Gasteiger partial charge in [-0.3, -0.25) is 4.55 Å². The molecule has 0 aliphatic heterocycles. The number of carbonyl (C=O) groups is 1. The van der Waals surface area contributed by atoms with Crippen LogP contribution in [0.1, 0.15) is 60.3 Å². The maximum atomic E-state index is 11.7. The van der Waals surface area contributed by atoms with Gasteiger partial charge >= 0.3 is 6.09 Å². The van der Waals surface area contributed by atoms with Crippen LogP contribution in [0.3, 0.4) is 0 Å². The first-order chi connectivity index (χ1) is 9.90. The molecule has 1 saturated carbocycles. The van der Waals surface area contributed by atoms with Gasteiger partial charge in [0, 0.05) is 6.04 Å². The summed E-state index contributed by atoms with van der Waals surface area (Å²) in [5.41, 5.74) is -0.533. The average molecular weight is 335 g/mol. The standard InChI is InChI=1S/C15H29NO5S/c1-10(2)13(22(18,19)20)11-6-8-12(9-7-11)16-14(17)21-15(3,4)5/h10-13H,6-9H2,1-5H3,(H,16,17)(H,18,19,20). The number of hydrogen-bond donors (Lipinski definition) is 2. The average Bonchev–Trinajstić information content (AvgIpc) is 2.26. The van der Waals surface area contributed by atoms with Crippen LogP contribution in [-0.2, 0) is 14.9 Å². The number of nitrogens with one attached hydrogen (secondary N) is 1. The van der Waals surface area contributed by atoms with Crippen LogP contribution < -0.4 is 5.32 Å². The zero-order valence-electron chi connectivity index (χ0n) is 14.1. The Bertz CT molecular complexity index is 473. The summed E-state index contributed by atoms with van der Waals surface area (Å²) in [7, 11) is -4.04. The molecule has 1 rings (SSSR count). The van der Waals surface area contributed by atoms with Gasteiger partial charge in [-0.1, -0.05) is 13.8 Å². The monoisotopic (exact) mass is 335 g/mol. The summed E-state index contributed by atoms with van der Waals surface area (Å²) in [5, 5.41) is 2.10. The summed E-state index contributed by atoms with van der Waals surface area (Å²) >= 11 is 0. The second kappa shape index (κ2) is 7.17. The molecule has 0 aromatic carbocycles. The second-order valence-electron chi connectivity index (χ2n) is 7.48. The van der Waals surface area contributed by atoms with E-state index in [4.69, 9.17) is 4.74 Å². The second-order valence-corrected chi connectivity index (χ2v) is 9.06. The molecule has 1 amide bonds. The number of ether oxygens (including phenoxy) is 1. The van der Waals surface area contributed by atoms with E-state index in [2.05, 4.69) is 5.32 Å². The Labute approximate surface area is 133 Å². The molecular formula is C15H29NO5S. The Morgan fingerprint density at radius 1 is 1.18 bits per heavy atom. The molecule has 0 bridgehead atoms. The Hall–Kier alpha value is -0.820. The lowest BCUT2D eigenvalue weighted by molar-refractivity contribution is 0.0485. The number of hydrogen-bond acceptors (Lipinski definition) is 4. The van der Waals surface area contributed by atoms with E-state index in [9.17, 15) is 17.8 Å². The largest absolute Gasteiger partial charge is 0.444 e. The molecule has 1 unspecified atom stereocenters. The summed E-state index contributed by atoms with van der Waals surface area (Å²) < 4.78 is 37.8. The van der Waals surface area contributed by atoms with Gasteiger partial charge in [-0.05, 0) is 58.3 Å². The van der Waals surface area contributed by atoms with Crippen LogP contribution in [0, 0.1) is 11.8 Å². The molecule has 1 aliphatic rings. The normalized spacial score (nSPS) is 24.9. The third-order valence-electron chi connectivity index (χ3n) is 3.96. The van der Waals surface area contributed by atoms with Crippen molar-refractivity contribution in [3.8, 4) is 0 Å². The Morgan fingerprint density at radius 2 is 1.68 bits per heavy atom. The zero-order valence-corrected chi connectivity index (χ0v) is 14.9. The van der Waals surface area contributed by atoms with E-state index in [0.29, 0.717) is 25.7 Å². The van der Waals surface area contributed by atoms with Crippen LogP contribution in [0.25, 0.3) is 0 Å². The van der Waals surface area contributed by atoms with E-state index in [1.54, 1.807) is 0 Å². The molecule has 1 aliphatic carbocycles. The van der Waals surface area contributed by atoms with Gasteiger partial charge in [0.25, 0.3) is 10.1 Å². The molecule has 22 heavy (non-hydrogen) atoms. The lowest BCUT2D eigenvalue weighted by Crippen LogP contribution is -2.43. The maximum absolute atomic E-state index is 11.7. The summed E-state index contributed by atoms with van der Waals surface area (Å²) in [6, 6.07) is 0.000286. The lowest BCUT2D eigenvalue weighted by Gasteiger charge is -2.34. The first-order valence-electron chi connectivity index (χ1n) is 7.86. The first-order valence-corrected chi connectivity index (χ1v) is 9.36. The molecule has 0 aromatic heterocycles. The van der Waals surface area contributed by atoms with Crippen LogP contribution >= 0.6 is 0 Å². The fourth-order valence-electron chi connectivity index (χ4n) is 3.20. The molecule has 0 radical (unpaired) electrons. The van der Waals surface area contributed by atoms with Crippen LogP contribution in [0.4, 0.5) is 4.79 Å². The van der Waals surface area contributed by atoms with Gasteiger partial charge in [-0.15, -0.1) is 0 Å². The molecule has 6 nitrogen and oxygen atoms in total. The fraction of sp³-hybridized carbons (Fsp3) is 0.933. The van der Waals surface area contributed by atoms with Crippen LogP contribution in [0.15, 0.2) is 0 Å². The highest BCUT2D eigenvalue weighted by Gasteiger charge is 2.37. The van der Waals surface area contributed by atoms with Gasteiger partial charge in [0.1, 0.15) is 5.60 Å². The Morgan fingerprint density at radius 3 is 2.05 bits per heavy atom. The molecule has 0 saturated heterocycles. The summed E-state index contributed by atoms with van der Waals surface area (Å²) in [4.78, 5) is 11.7. The van der Waals surface area contributed by atoms with Gasteiger partial charge in [-0.2, -0.15) is 8.42 Å². The molecule has 0 aromatic rings. The van der Waals surface area contributed by atoms with Crippen molar-refractivity contribution in [2.45, 2.75) is 77.2 Å². The molecule has 2 N–H and O–H groups in total. The third kappa shape index (κ3) is 6.12. The lowest BCUT2D eigenvalue weighted by atomic mass is 9.81. The van der Waals surface area contributed by atoms with Gasteiger partial charge in [0.15, 0.2) is 0 Å². The minimum atomic E-state index is -4.04. The van der Waals surface area contributed by atoms with E-state index in [1.165, 1.54) is 0 Å². The van der Waals surface area contributed by atoms with Crippen molar-refractivity contribution in [2.75, 3.05) is 0 Å². The molecule has 0 heterocycles. The highest BCUT2D eigenvalue weighted by molar-refractivity contribution is 7.86. The van der Waals surface area contributed by atoms with Crippen LogP contribution in [0.2, 0.25) is 0 Å². The van der Waals surface area contributed by atoms with E-state index >= 15 is 0 Å². The van der Waals surface area contributed by atoms with E-state index in [0.717, 1.165) is 0 Å². The molecule has 130 valence electrons. The van der Waals surface area contributed by atoms with Gasteiger partial charge in [0.2, 0.25) is 0 Å². The highest BCUT2D eigenvalue weighted by atomic mass is 32.2. The van der Waals surface area contributed by atoms with E-state index in [-0.39, 0.29) is 17.9 Å². The van der Waals surface area contributed by atoms with E-state index < -0.39 is 27.1 Å². The molecule has 0 spiro atoms. The van der Waals surface area contributed by atoms with Crippen molar-refractivity contribution in [1.29, 1.82) is 0 Å². The molecule has 7 heteroatoms. The highest BCUT2D eigenvalue weighted by Crippen LogP contribution is 2.33. The van der Waals surface area contributed by atoms with Crippen LogP contribution in [0.5, 0.6) is 0 Å². The van der Waals surface area contributed by atoms with Gasteiger partial charge in [-0.25, -0.2) is 4.79 Å². The minimum absolute atomic E-state index is 0.000286. The summed E-state index contributed by atoms with van der Waals surface area (Å²) in [6.45, 7) is 9.04. The molecule has 1 fully saturated rings. The predicted octanol–water partition coefficient (Wildman–Crippen LogP) is 2.98. The number of amides is 1. The van der Waals surface area contributed by atoms with Gasteiger partial charge < -0.3 is 10.1 Å².